The van der Waals surface area contributed by atoms with Crippen molar-refractivity contribution in [2.45, 2.75) is 0 Å². The summed E-state index contributed by atoms with van der Waals surface area (Å²) in [7, 11) is 2.63. The fourth-order valence-corrected chi connectivity index (χ4v) is 1.63. The molecule has 0 unspecified atom stereocenters. The molecule has 0 radical (unpaired) electrons. The van der Waals surface area contributed by atoms with Crippen molar-refractivity contribution in [2.75, 3.05) is 14.2 Å². The number of methoxy groups -OCH3 is 2. The summed E-state index contributed by atoms with van der Waals surface area (Å²) in [5.74, 6) is -0.813. The number of carbonyl (C=O) groups excluding carboxylic acids is 2. The van der Waals surface area contributed by atoms with Gasteiger partial charge in [0.25, 0.3) is 0 Å². The van der Waals surface area contributed by atoms with E-state index < -0.39 is 5.97 Å². The molecule has 0 aliphatic rings. The van der Waals surface area contributed by atoms with Crippen LogP contribution >= 0.6 is 0 Å². The zero-order chi connectivity index (χ0) is 17.9. The van der Waals surface area contributed by atoms with E-state index in [0.717, 1.165) is 0 Å². The predicted octanol–water partition coefficient (Wildman–Crippen LogP) is 2.69. The maximum Gasteiger partial charge on any atom is 0.337 e. The number of ether oxygens (including phenoxy) is 2. The Bertz CT molecular complexity index is 799. The molecular weight excluding hydrogens is 308 g/mol. The van der Waals surface area contributed by atoms with Crippen LogP contribution in [0.5, 0.6) is 0 Å². The lowest BCUT2D eigenvalue weighted by Crippen LogP contribution is -2.00. The lowest BCUT2D eigenvalue weighted by atomic mass is 10.1. The van der Waals surface area contributed by atoms with Crippen molar-refractivity contribution in [2.24, 2.45) is 0 Å². The van der Waals surface area contributed by atoms with E-state index in [9.17, 15) is 9.59 Å². The molecule has 0 spiro atoms. The molecule has 2 aromatic rings. The van der Waals surface area contributed by atoms with E-state index in [4.69, 9.17) is 10.5 Å². The molecular formula is C18H14N2O4. The lowest BCUT2D eigenvalue weighted by Gasteiger charge is -1.97. The molecule has 120 valence electrons. The van der Waals surface area contributed by atoms with Crippen LogP contribution < -0.4 is 0 Å². The van der Waals surface area contributed by atoms with Crippen LogP contribution in [0.1, 0.15) is 31.8 Å². The summed E-state index contributed by atoms with van der Waals surface area (Å²) in [6, 6.07) is 16.5. The standard InChI is InChI=1S/2C9H7NO2/c1-12-9(11)8-4-2-7(6-10)3-5-8;1-12-9(11)8-4-2-3-7(5-8)6-10/h2*2-5H,1H3. The van der Waals surface area contributed by atoms with Gasteiger partial charge in [0.15, 0.2) is 0 Å². The number of hydrogen-bond acceptors (Lipinski definition) is 6. The van der Waals surface area contributed by atoms with E-state index in [2.05, 4.69) is 9.47 Å². The largest absolute Gasteiger partial charge is 0.465 e. The average molecular weight is 322 g/mol. The molecule has 0 aliphatic heterocycles. The van der Waals surface area contributed by atoms with Crippen LogP contribution in [0.3, 0.4) is 0 Å². The van der Waals surface area contributed by atoms with Crippen molar-refractivity contribution in [1.29, 1.82) is 10.5 Å². The molecule has 0 atom stereocenters. The Kier molecular flexibility index (Phi) is 7.20. The van der Waals surface area contributed by atoms with Gasteiger partial charge in [0, 0.05) is 0 Å². The van der Waals surface area contributed by atoms with Crippen LogP contribution in [0, 0.1) is 22.7 Å². The third-order valence-electron chi connectivity index (χ3n) is 2.85. The second kappa shape index (κ2) is 9.39. The van der Waals surface area contributed by atoms with E-state index >= 15 is 0 Å². The van der Waals surface area contributed by atoms with E-state index in [1.165, 1.54) is 20.3 Å². The first-order valence-electron chi connectivity index (χ1n) is 6.72. The van der Waals surface area contributed by atoms with Gasteiger partial charge in [-0.2, -0.15) is 10.5 Å². The normalized spacial score (nSPS) is 8.67. The van der Waals surface area contributed by atoms with Crippen molar-refractivity contribution >= 4 is 11.9 Å². The monoisotopic (exact) mass is 322 g/mol. The third-order valence-corrected chi connectivity index (χ3v) is 2.85. The van der Waals surface area contributed by atoms with E-state index in [0.29, 0.717) is 22.3 Å². The Balaban J connectivity index is 0.000000240. The van der Waals surface area contributed by atoms with Crippen molar-refractivity contribution in [1.82, 2.24) is 0 Å². The van der Waals surface area contributed by atoms with Gasteiger partial charge in [-0.3, -0.25) is 0 Å². The highest BCUT2D eigenvalue weighted by atomic mass is 16.5. The minimum Gasteiger partial charge on any atom is -0.465 e. The van der Waals surface area contributed by atoms with Crippen LogP contribution in [-0.4, -0.2) is 26.2 Å². The minimum atomic E-state index is -0.424. The topological polar surface area (TPSA) is 100 Å². The fraction of sp³-hybridized carbons (Fsp3) is 0.111. The van der Waals surface area contributed by atoms with Gasteiger partial charge in [-0.25, -0.2) is 9.59 Å². The predicted molar refractivity (Wildman–Crippen MR) is 85.0 cm³/mol. The van der Waals surface area contributed by atoms with Gasteiger partial charge in [-0.05, 0) is 42.5 Å². The summed E-state index contributed by atoms with van der Waals surface area (Å²) in [5.41, 5.74) is 1.84. The minimum absolute atomic E-state index is 0.389. The van der Waals surface area contributed by atoms with E-state index in [-0.39, 0.29) is 5.97 Å². The Morgan fingerprint density at radius 3 is 1.83 bits per heavy atom. The van der Waals surface area contributed by atoms with Crippen LogP contribution in [0.15, 0.2) is 48.5 Å². The van der Waals surface area contributed by atoms with Crippen LogP contribution in [-0.2, 0) is 9.47 Å². The summed E-state index contributed by atoms with van der Waals surface area (Å²) >= 11 is 0. The summed E-state index contributed by atoms with van der Waals surface area (Å²) in [6.45, 7) is 0. The van der Waals surface area contributed by atoms with Crippen molar-refractivity contribution < 1.29 is 19.1 Å². The molecule has 0 aliphatic carbocycles. The van der Waals surface area contributed by atoms with Gasteiger partial charge in [-0.15, -0.1) is 0 Å². The quantitative estimate of drug-likeness (QED) is 0.788. The third kappa shape index (κ3) is 5.28. The number of benzene rings is 2. The van der Waals surface area contributed by atoms with Crippen LogP contribution in [0.2, 0.25) is 0 Å². The van der Waals surface area contributed by atoms with Crippen molar-refractivity contribution in [3.63, 3.8) is 0 Å². The maximum absolute atomic E-state index is 10.9. The Morgan fingerprint density at radius 1 is 0.792 bits per heavy atom. The number of rotatable bonds is 2. The average Bonchev–Trinajstić information content (AvgIpc) is 2.67. The van der Waals surface area contributed by atoms with Gasteiger partial charge < -0.3 is 9.47 Å². The molecule has 0 fully saturated rings. The molecule has 2 aromatic carbocycles. The molecule has 0 bridgehead atoms. The fourth-order valence-electron chi connectivity index (χ4n) is 1.63. The van der Waals surface area contributed by atoms with Crippen molar-refractivity contribution in [3.8, 4) is 12.1 Å². The number of nitrogens with zero attached hydrogens (tertiary/aromatic N) is 2. The van der Waals surface area contributed by atoms with E-state index in [1.807, 2.05) is 12.1 Å². The van der Waals surface area contributed by atoms with Gasteiger partial charge in [0.05, 0.1) is 48.6 Å². The molecule has 0 heterocycles. The molecule has 24 heavy (non-hydrogen) atoms. The SMILES string of the molecule is COC(=O)c1ccc(C#N)cc1.COC(=O)c1cccc(C#N)c1. The number of carbonyl (C=O) groups is 2. The molecule has 0 N–H and O–H groups in total. The zero-order valence-corrected chi connectivity index (χ0v) is 13.1. The second-order valence-electron chi connectivity index (χ2n) is 4.36. The van der Waals surface area contributed by atoms with Gasteiger partial charge in [-0.1, -0.05) is 6.07 Å². The van der Waals surface area contributed by atoms with Gasteiger partial charge in [0.2, 0.25) is 0 Å². The number of nitriles is 2. The Labute approximate surface area is 139 Å². The van der Waals surface area contributed by atoms with Gasteiger partial charge >= 0.3 is 11.9 Å². The van der Waals surface area contributed by atoms with E-state index in [1.54, 1.807) is 42.5 Å². The smallest absolute Gasteiger partial charge is 0.337 e. The summed E-state index contributed by atoms with van der Waals surface area (Å²) < 4.78 is 8.98. The Hall–Kier alpha value is -3.64. The van der Waals surface area contributed by atoms with Crippen molar-refractivity contribution in [3.05, 3.63) is 70.8 Å². The molecule has 6 heteroatoms. The highest BCUT2D eigenvalue weighted by Gasteiger charge is 2.04. The highest BCUT2D eigenvalue weighted by molar-refractivity contribution is 5.90. The molecule has 0 saturated carbocycles. The molecule has 0 aromatic heterocycles. The molecule has 0 saturated heterocycles. The highest BCUT2D eigenvalue weighted by Crippen LogP contribution is 2.05. The first-order chi connectivity index (χ1) is 11.5. The zero-order valence-electron chi connectivity index (χ0n) is 13.1. The van der Waals surface area contributed by atoms with Crippen LogP contribution in [0.25, 0.3) is 0 Å². The summed E-state index contributed by atoms with van der Waals surface area (Å²) in [5, 5.41) is 17.0. The first-order valence-corrected chi connectivity index (χ1v) is 6.72. The number of hydrogen-bond donors (Lipinski definition) is 0. The molecule has 2 rings (SSSR count). The first kappa shape index (κ1) is 18.4. The maximum atomic E-state index is 10.9. The molecule has 0 amide bonds. The summed E-state index contributed by atoms with van der Waals surface area (Å²) in [6.07, 6.45) is 0. The second-order valence-corrected chi connectivity index (χ2v) is 4.36. The summed E-state index contributed by atoms with van der Waals surface area (Å²) in [4.78, 5) is 21.9. The Morgan fingerprint density at radius 2 is 1.33 bits per heavy atom. The van der Waals surface area contributed by atoms with Gasteiger partial charge in [0.1, 0.15) is 0 Å². The molecule has 6 nitrogen and oxygen atoms in total. The lowest BCUT2D eigenvalue weighted by molar-refractivity contribution is 0.0592. The van der Waals surface area contributed by atoms with Crippen LogP contribution in [0.4, 0.5) is 0 Å². The number of esters is 2.